The van der Waals surface area contributed by atoms with Gasteiger partial charge in [-0.15, -0.1) is 0 Å². The van der Waals surface area contributed by atoms with Crippen LogP contribution in [0.15, 0.2) is 23.3 Å². The molecule has 29 heavy (non-hydrogen) atoms. The number of nitrogens with one attached hydrogen (secondary N) is 1. The Morgan fingerprint density at radius 1 is 1.17 bits per heavy atom. The van der Waals surface area contributed by atoms with E-state index in [1.54, 1.807) is 12.4 Å². The summed E-state index contributed by atoms with van der Waals surface area (Å²) in [5.41, 5.74) is 3.13. The van der Waals surface area contributed by atoms with Crippen molar-refractivity contribution < 1.29 is 4.74 Å². The molecule has 1 aliphatic carbocycles. The number of hydrogen-bond donors (Lipinski definition) is 1. The third kappa shape index (κ3) is 3.56. The highest BCUT2D eigenvalue weighted by atomic mass is 35.5. The Morgan fingerprint density at radius 2 is 1.97 bits per heavy atom. The summed E-state index contributed by atoms with van der Waals surface area (Å²) in [6, 6.07) is 1.99. The summed E-state index contributed by atoms with van der Waals surface area (Å²) in [5, 5.41) is 0.724. The van der Waals surface area contributed by atoms with Gasteiger partial charge in [0.15, 0.2) is 0 Å². The first-order valence-electron chi connectivity index (χ1n) is 10.4. The molecule has 4 heterocycles. The molecule has 7 nitrogen and oxygen atoms in total. The first kappa shape index (κ1) is 19.0. The van der Waals surface area contributed by atoms with Gasteiger partial charge in [-0.3, -0.25) is 19.7 Å². The van der Waals surface area contributed by atoms with Crippen LogP contribution in [0.2, 0.25) is 5.02 Å². The van der Waals surface area contributed by atoms with Crippen molar-refractivity contribution in [2.24, 2.45) is 0 Å². The van der Waals surface area contributed by atoms with Gasteiger partial charge in [0.25, 0.3) is 5.56 Å². The second-order valence-electron chi connectivity index (χ2n) is 8.34. The van der Waals surface area contributed by atoms with Crippen LogP contribution in [0.4, 0.5) is 5.95 Å². The zero-order valence-corrected chi connectivity index (χ0v) is 17.2. The quantitative estimate of drug-likeness (QED) is 0.827. The minimum Gasteiger partial charge on any atom is -0.378 e. The lowest BCUT2D eigenvalue weighted by atomic mass is 9.76. The maximum Gasteiger partial charge on any atom is 0.255 e. The van der Waals surface area contributed by atoms with Crippen molar-refractivity contribution in [1.82, 2.24) is 19.9 Å². The number of likely N-dealkylation sites (tertiary alicyclic amines) is 1. The van der Waals surface area contributed by atoms with Crippen molar-refractivity contribution in [3.63, 3.8) is 0 Å². The van der Waals surface area contributed by atoms with E-state index in [4.69, 9.17) is 21.3 Å². The molecule has 3 aliphatic rings. The lowest BCUT2D eigenvalue weighted by molar-refractivity contribution is 0.122. The minimum absolute atomic E-state index is 0.0309. The summed E-state index contributed by atoms with van der Waals surface area (Å²) in [5.74, 6) is 0.712. The van der Waals surface area contributed by atoms with Gasteiger partial charge in [-0.2, -0.15) is 0 Å². The maximum absolute atomic E-state index is 12.8. The largest absolute Gasteiger partial charge is 0.378 e. The van der Waals surface area contributed by atoms with E-state index in [2.05, 4.69) is 19.8 Å². The predicted molar refractivity (Wildman–Crippen MR) is 112 cm³/mol. The highest BCUT2D eigenvalue weighted by molar-refractivity contribution is 6.31. The molecule has 0 aromatic carbocycles. The van der Waals surface area contributed by atoms with Crippen molar-refractivity contribution in [2.45, 2.75) is 37.6 Å². The summed E-state index contributed by atoms with van der Waals surface area (Å²) < 4.78 is 5.44. The standard InChI is InChI=1S/C21H26ClN5O2/c22-17-13-23-6-2-15(17)14-26-7-4-21(5-8-26)3-1-16-18(21)24-20(25-19(16)28)27-9-11-29-12-10-27/h2,6,13H,1,3-5,7-12,14H2,(H,24,25,28). The van der Waals surface area contributed by atoms with Gasteiger partial charge < -0.3 is 9.64 Å². The topological polar surface area (TPSA) is 74.3 Å². The van der Waals surface area contributed by atoms with E-state index in [9.17, 15) is 4.79 Å². The molecule has 2 aromatic heterocycles. The molecule has 0 radical (unpaired) electrons. The molecule has 1 N–H and O–H groups in total. The Balaban J connectivity index is 1.35. The van der Waals surface area contributed by atoms with Gasteiger partial charge in [0, 0.05) is 43.0 Å². The molecular weight excluding hydrogens is 390 g/mol. The van der Waals surface area contributed by atoms with Gasteiger partial charge in [-0.1, -0.05) is 11.6 Å². The Labute approximate surface area is 175 Å². The molecule has 2 aliphatic heterocycles. The number of pyridine rings is 1. The van der Waals surface area contributed by atoms with Crippen LogP contribution in [0, 0.1) is 0 Å². The van der Waals surface area contributed by atoms with E-state index >= 15 is 0 Å². The number of fused-ring (bicyclic) bond motifs is 2. The number of morpholine rings is 1. The fraction of sp³-hybridized carbons (Fsp3) is 0.571. The van der Waals surface area contributed by atoms with Crippen LogP contribution in [-0.4, -0.2) is 59.2 Å². The molecule has 1 spiro atoms. The number of rotatable bonds is 3. The number of ether oxygens (including phenoxy) is 1. The van der Waals surface area contributed by atoms with Crippen molar-refractivity contribution in [3.8, 4) is 0 Å². The second-order valence-corrected chi connectivity index (χ2v) is 8.75. The Morgan fingerprint density at radius 3 is 2.72 bits per heavy atom. The number of hydrogen-bond acceptors (Lipinski definition) is 6. The van der Waals surface area contributed by atoms with E-state index in [1.165, 1.54) is 0 Å². The van der Waals surface area contributed by atoms with E-state index in [1.807, 2.05) is 6.07 Å². The molecule has 2 saturated heterocycles. The van der Waals surface area contributed by atoms with Gasteiger partial charge in [0.05, 0.1) is 23.9 Å². The summed E-state index contributed by atoms with van der Waals surface area (Å²) >= 11 is 6.29. The van der Waals surface area contributed by atoms with Crippen LogP contribution >= 0.6 is 11.6 Å². The smallest absolute Gasteiger partial charge is 0.255 e. The summed E-state index contributed by atoms with van der Waals surface area (Å²) in [6.07, 6.45) is 7.41. The van der Waals surface area contributed by atoms with Gasteiger partial charge >= 0.3 is 0 Å². The fourth-order valence-corrected chi connectivity index (χ4v) is 5.14. The average Bonchev–Trinajstić information content (AvgIpc) is 3.11. The average molecular weight is 416 g/mol. The lowest BCUT2D eigenvalue weighted by Gasteiger charge is -2.39. The first-order chi connectivity index (χ1) is 14.1. The molecule has 0 unspecified atom stereocenters. The SMILES string of the molecule is O=c1[nH]c(N2CCOCC2)nc2c1CCC21CCN(Cc2ccncc2Cl)CC1. The van der Waals surface area contributed by atoms with Gasteiger partial charge in [0.1, 0.15) is 0 Å². The zero-order valence-electron chi connectivity index (χ0n) is 16.5. The van der Waals surface area contributed by atoms with Crippen LogP contribution in [0.3, 0.4) is 0 Å². The number of piperidine rings is 1. The highest BCUT2D eigenvalue weighted by Crippen LogP contribution is 2.44. The molecular formula is C21H26ClN5O2. The van der Waals surface area contributed by atoms with E-state index in [0.29, 0.717) is 19.2 Å². The van der Waals surface area contributed by atoms with Crippen molar-refractivity contribution >= 4 is 17.5 Å². The maximum atomic E-state index is 12.8. The number of aromatic amines is 1. The second kappa shape index (κ2) is 7.70. The molecule has 154 valence electrons. The molecule has 5 rings (SSSR count). The molecule has 0 bridgehead atoms. The number of anilines is 1. The lowest BCUT2D eigenvalue weighted by Crippen LogP contribution is -2.43. The monoisotopic (exact) mass is 415 g/mol. The van der Waals surface area contributed by atoms with E-state index in [-0.39, 0.29) is 11.0 Å². The van der Waals surface area contributed by atoms with Gasteiger partial charge in [0.2, 0.25) is 5.95 Å². The molecule has 8 heteroatoms. The highest BCUT2D eigenvalue weighted by Gasteiger charge is 2.44. The normalized spacial score (nSPS) is 21.5. The number of halogens is 1. The predicted octanol–water partition coefficient (Wildman–Crippen LogP) is 2.13. The van der Waals surface area contributed by atoms with Crippen LogP contribution in [0.25, 0.3) is 0 Å². The zero-order chi connectivity index (χ0) is 19.8. The van der Waals surface area contributed by atoms with Crippen LogP contribution < -0.4 is 10.5 Å². The molecule has 0 atom stereocenters. The van der Waals surface area contributed by atoms with Gasteiger partial charge in [-0.25, -0.2) is 4.98 Å². The van der Waals surface area contributed by atoms with Gasteiger partial charge in [-0.05, 0) is 50.4 Å². The minimum atomic E-state index is 0.0309. The van der Waals surface area contributed by atoms with Crippen LogP contribution in [0.1, 0.15) is 36.1 Å². The number of nitrogens with zero attached hydrogens (tertiary/aromatic N) is 4. The van der Waals surface area contributed by atoms with Crippen LogP contribution in [-0.2, 0) is 23.1 Å². The van der Waals surface area contributed by atoms with Crippen LogP contribution in [0.5, 0.6) is 0 Å². The first-order valence-corrected chi connectivity index (χ1v) is 10.8. The summed E-state index contributed by atoms with van der Waals surface area (Å²) in [4.78, 5) is 29.4. The molecule has 0 saturated carbocycles. The molecule has 2 fully saturated rings. The van der Waals surface area contributed by atoms with E-state index < -0.39 is 0 Å². The summed E-state index contributed by atoms with van der Waals surface area (Å²) in [6.45, 7) is 5.71. The third-order valence-corrected chi connectivity index (χ3v) is 7.07. The van der Waals surface area contributed by atoms with Crippen molar-refractivity contribution in [3.05, 3.63) is 50.7 Å². The fourth-order valence-electron chi connectivity index (χ4n) is 4.96. The Bertz CT molecular complexity index is 948. The third-order valence-electron chi connectivity index (χ3n) is 6.73. The van der Waals surface area contributed by atoms with E-state index in [0.717, 1.165) is 80.3 Å². The summed E-state index contributed by atoms with van der Waals surface area (Å²) in [7, 11) is 0. The van der Waals surface area contributed by atoms with Crippen molar-refractivity contribution in [1.29, 1.82) is 0 Å². The van der Waals surface area contributed by atoms with Crippen molar-refractivity contribution in [2.75, 3.05) is 44.3 Å². The number of H-pyrrole nitrogens is 1. The Kier molecular flexibility index (Phi) is 5.05. The molecule has 0 amide bonds. The molecule has 2 aromatic rings. The Hall–Kier alpha value is -1.96. The number of aromatic nitrogens is 3.